The molecule has 2 N–H and O–H groups in total. The fourth-order valence-corrected chi connectivity index (χ4v) is 4.86. The first-order valence-corrected chi connectivity index (χ1v) is 9.08. The van der Waals surface area contributed by atoms with Gasteiger partial charge < -0.3 is 5.73 Å². The van der Waals surface area contributed by atoms with E-state index in [2.05, 4.69) is 22.9 Å². The molecule has 1 aliphatic rings. The maximum Gasteiger partial charge on any atom is 0.243 e. The summed E-state index contributed by atoms with van der Waals surface area (Å²) in [5, 5.41) is 0. The van der Waals surface area contributed by atoms with Crippen molar-refractivity contribution in [3.8, 4) is 0 Å². The Kier molecular flexibility index (Phi) is 4.89. The quantitative estimate of drug-likeness (QED) is 0.900. The van der Waals surface area contributed by atoms with E-state index in [9.17, 15) is 8.42 Å². The number of piperidine rings is 1. The van der Waals surface area contributed by atoms with E-state index >= 15 is 0 Å². The average Bonchev–Trinajstić information content (AvgIpc) is 2.42. The Bertz CT molecular complexity index is 593. The van der Waals surface area contributed by atoms with Crippen LogP contribution in [0.15, 0.2) is 21.5 Å². The van der Waals surface area contributed by atoms with Crippen molar-refractivity contribution < 1.29 is 8.42 Å². The summed E-state index contributed by atoms with van der Waals surface area (Å²) in [5.41, 5.74) is 7.22. The Balaban J connectivity index is 2.41. The molecule has 1 aromatic rings. The highest BCUT2D eigenvalue weighted by Gasteiger charge is 2.29. The lowest BCUT2D eigenvalue weighted by Gasteiger charge is -2.30. The molecule has 1 saturated heterocycles. The molecule has 1 aromatic carbocycles. The van der Waals surface area contributed by atoms with E-state index in [4.69, 9.17) is 5.73 Å². The molecule has 0 radical (unpaired) electrons. The van der Waals surface area contributed by atoms with Gasteiger partial charge >= 0.3 is 0 Å². The van der Waals surface area contributed by atoms with Crippen LogP contribution in [0.3, 0.4) is 0 Å². The molecule has 0 amide bonds. The highest BCUT2D eigenvalue weighted by molar-refractivity contribution is 9.10. The first kappa shape index (κ1) is 15.9. The van der Waals surface area contributed by atoms with Gasteiger partial charge in [0.15, 0.2) is 0 Å². The van der Waals surface area contributed by atoms with Gasteiger partial charge in [-0.1, -0.05) is 22.9 Å². The molecule has 112 valence electrons. The van der Waals surface area contributed by atoms with Gasteiger partial charge in [0.1, 0.15) is 0 Å². The minimum atomic E-state index is -3.42. The monoisotopic (exact) mass is 360 g/mol. The molecule has 0 saturated carbocycles. The second kappa shape index (κ2) is 6.13. The molecule has 0 aromatic heterocycles. The van der Waals surface area contributed by atoms with E-state index < -0.39 is 10.0 Å². The van der Waals surface area contributed by atoms with Crippen molar-refractivity contribution in [3.05, 3.63) is 27.7 Å². The third-order valence-corrected chi connectivity index (χ3v) is 6.80. The SMILES string of the molecule is Cc1c(Br)cc(CN)cc1S(=O)(=O)N1CCC(C)CC1. The van der Waals surface area contributed by atoms with Gasteiger partial charge in [0.2, 0.25) is 10.0 Å². The summed E-state index contributed by atoms with van der Waals surface area (Å²) in [7, 11) is -3.42. The van der Waals surface area contributed by atoms with Crippen LogP contribution < -0.4 is 5.73 Å². The number of halogens is 1. The lowest BCUT2D eigenvalue weighted by Crippen LogP contribution is -2.38. The molecular weight excluding hydrogens is 340 g/mol. The largest absolute Gasteiger partial charge is 0.326 e. The van der Waals surface area contributed by atoms with Crippen molar-refractivity contribution in [2.75, 3.05) is 13.1 Å². The topological polar surface area (TPSA) is 63.4 Å². The molecule has 0 atom stereocenters. The summed E-state index contributed by atoms with van der Waals surface area (Å²) in [6.07, 6.45) is 1.85. The zero-order valence-electron chi connectivity index (χ0n) is 11.9. The van der Waals surface area contributed by atoms with Crippen molar-refractivity contribution in [3.63, 3.8) is 0 Å². The van der Waals surface area contributed by atoms with E-state index in [0.29, 0.717) is 30.4 Å². The summed E-state index contributed by atoms with van der Waals surface area (Å²) < 4.78 is 28.0. The highest BCUT2D eigenvalue weighted by atomic mass is 79.9. The zero-order chi connectivity index (χ0) is 14.9. The third-order valence-electron chi connectivity index (χ3n) is 3.95. The van der Waals surface area contributed by atoms with Gasteiger partial charge in [-0.2, -0.15) is 4.31 Å². The van der Waals surface area contributed by atoms with Crippen LogP contribution in [0.2, 0.25) is 0 Å². The minimum absolute atomic E-state index is 0.332. The molecule has 4 nitrogen and oxygen atoms in total. The molecule has 0 unspecified atom stereocenters. The molecule has 1 fully saturated rings. The number of benzene rings is 1. The second-order valence-corrected chi connectivity index (χ2v) is 8.25. The van der Waals surface area contributed by atoms with Crippen molar-refractivity contribution in [1.82, 2.24) is 4.31 Å². The maximum absolute atomic E-state index is 12.8. The second-order valence-electron chi connectivity index (χ2n) is 5.49. The number of rotatable bonds is 3. The summed E-state index contributed by atoms with van der Waals surface area (Å²) in [6, 6.07) is 3.58. The van der Waals surface area contributed by atoms with Gasteiger partial charge in [0.25, 0.3) is 0 Å². The number of sulfonamides is 1. The van der Waals surface area contributed by atoms with E-state index in [1.807, 2.05) is 13.0 Å². The third kappa shape index (κ3) is 3.08. The normalized spacial score (nSPS) is 18.4. The molecular formula is C14H21BrN2O2S. The molecule has 0 aliphatic carbocycles. The van der Waals surface area contributed by atoms with Crippen LogP contribution in [-0.4, -0.2) is 25.8 Å². The van der Waals surface area contributed by atoms with E-state index in [1.54, 1.807) is 10.4 Å². The van der Waals surface area contributed by atoms with Crippen LogP contribution in [0.5, 0.6) is 0 Å². The van der Waals surface area contributed by atoms with E-state index in [1.165, 1.54) is 0 Å². The smallest absolute Gasteiger partial charge is 0.243 e. The molecule has 1 heterocycles. The van der Waals surface area contributed by atoms with Crippen molar-refractivity contribution in [2.45, 2.75) is 38.1 Å². The maximum atomic E-state index is 12.8. The fourth-order valence-electron chi connectivity index (χ4n) is 2.46. The fraction of sp³-hybridized carbons (Fsp3) is 0.571. The Morgan fingerprint density at radius 3 is 2.50 bits per heavy atom. The summed E-state index contributed by atoms with van der Waals surface area (Å²) in [6.45, 7) is 5.53. The number of hydrogen-bond acceptors (Lipinski definition) is 3. The van der Waals surface area contributed by atoms with Crippen molar-refractivity contribution in [1.29, 1.82) is 0 Å². The van der Waals surface area contributed by atoms with Gasteiger partial charge in [-0.15, -0.1) is 0 Å². The van der Waals surface area contributed by atoms with Crippen LogP contribution in [0.4, 0.5) is 0 Å². The van der Waals surface area contributed by atoms with Crippen molar-refractivity contribution >= 4 is 26.0 Å². The minimum Gasteiger partial charge on any atom is -0.326 e. The van der Waals surface area contributed by atoms with Crippen LogP contribution in [-0.2, 0) is 16.6 Å². The number of hydrogen-bond donors (Lipinski definition) is 1. The van der Waals surface area contributed by atoms with Crippen LogP contribution in [0, 0.1) is 12.8 Å². The Hall–Kier alpha value is -0.430. The predicted molar refractivity (Wildman–Crippen MR) is 83.9 cm³/mol. The molecule has 0 bridgehead atoms. The van der Waals surface area contributed by atoms with Gasteiger partial charge in [-0.25, -0.2) is 8.42 Å². The first-order chi connectivity index (χ1) is 9.36. The summed E-state index contributed by atoms with van der Waals surface area (Å²) in [4.78, 5) is 0.377. The molecule has 6 heteroatoms. The standard InChI is InChI=1S/C14H21BrN2O2S/c1-10-3-5-17(6-4-10)20(18,19)14-8-12(9-16)7-13(15)11(14)2/h7-8,10H,3-6,9,16H2,1-2H3. The van der Waals surface area contributed by atoms with Gasteiger partial charge in [-0.05, 0) is 48.9 Å². The highest BCUT2D eigenvalue weighted by Crippen LogP contribution is 2.30. The van der Waals surface area contributed by atoms with E-state index in [-0.39, 0.29) is 0 Å². The molecule has 1 aliphatic heterocycles. The molecule has 20 heavy (non-hydrogen) atoms. The Morgan fingerprint density at radius 1 is 1.35 bits per heavy atom. The lowest BCUT2D eigenvalue weighted by molar-refractivity contribution is 0.288. The molecule has 0 spiro atoms. The Labute approximate surface area is 129 Å². The van der Waals surface area contributed by atoms with Gasteiger partial charge in [0.05, 0.1) is 4.90 Å². The zero-order valence-corrected chi connectivity index (χ0v) is 14.3. The summed E-state index contributed by atoms with van der Waals surface area (Å²) in [5.74, 6) is 0.602. The predicted octanol–water partition coefficient (Wildman–Crippen LogP) is 2.64. The lowest BCUT2D eigenvalue weighted by atomic mass is 10.0. The Morgan fingerprint density at radius 2 is 1.95 bits per heavy atom. The van der Waals surface area contributed by atoms with E-state index in [0.717, 1.165) is 28.4 Å². The van der Waals surface area contributed by atoms with Gasteiger partial charge in [0, 0.05) is 24.1 Å². The average molecular weight is 361 g/mol. The number of nitrogens with zero attached hydrogens (tertiary/aromatic N) is 1. The first-order valence-electron chi connectivity index (χ1n) is 6.85. The molecule has 2 rings (SSSR count). The van der Waals surface area contributed by atoms with Crippen LogP contribution >= 0.6 is 15.9 Å². The van der Waals surface area contributed by atoms with Crippen molar-refractivity contribution in [2.24, 2.45) is 11.7 Å². The number of nitrogens with two attached hydrogens (primary N) is 1. The summed E-state index contributed by atoms with van der Waals surface area (Å²) >= 11 is 3.43. The van der Waals surface area contributed by atoms with Crippen LogP contribution in [0.1, 0.15) is 30.9 Å². The van der Waals surface area contributed by atoms with Gasteiger partial charge in [-0.3, -0.25) is 0 Å². The van der Waals surface area contributed by atoms with Crippen LogP contribution in [0.25, 0.3) is 0 Å².